The van der Waals surface area contributed by atoms with Crippen LogP contribution in [0.15, 0.2) is 23.1 Å². The summed E-state index contributed by atoms with van der Waals surface area (Å²) in [7, 11) is 0. The second kappa shape index (κ2) is 7.38. The van der Waals surface area contributed by atoms with E-state index in [1.807, 2.05) is 0 Å². The Morgan fingerprint density at radius 1 is 1.42 bits per heavy atom. The number of nitrogen functional groups attached to an aromatic ring is 1. The molecule has 0 radical (unpaired) electrons. The highest BCUT2D eigenvalue weighted by molar-refractivity contribution is 8.00. The molecule has 0 saturated carbocycles. The highest BCUT2D eigenvalue weighted by atomic mass is 32.2. The molecule has 3 N–H and O–H groups in total. The molecule has 0 spiro atoms. The molecule has 1 amide bonds. The maximum atomic E-state index is 13.1. The summed E-state index contributed by atoms with van der Waals surface area (Å²) in [5.41, 5.74) is 6.25. The molecule has 1 unspecified atom stereocenters. The van der Waals surface area contributed by atoms with Gasteiger partial charge in [-0.25, -0.2) is 4.39 Å². The summed E-state index contributed by atoms with van der Waals surface area (Å²) in [6.45, 7) is 6.68. The van der Waals surface area contributed by atoms with Gasteiger partial charge in [-0.2, -0.15) is 0 Å². The fraction of sp³-hybridized carbons (Fsp3) is 0.500. The quantitative estimate of drug-likeness (QED) is 0.623. The Bertz CT molecular complexity index is 437. The lowest BCUT2D eigenvalue weighted by Gasteiger charge is -2.14. The van der Waals surface area contributed by atoms with Crippen molar-refractivity contribution in [3.63, 3.8) is 0 Å². The van der Waals surface area contributed by atoms with Crippen LogP contribution in [0.25, 0.3) is 0 Å². The largest absolute Gasteiger partial charge is 0.398 e. The number of nitrogens with one attached hydrogen (secondary N) is 1. The van der Waals surface area contributed by atoms with E-state index in [4.69, 9.17) is 5.73 Å². The van der Waals surface area contributed by atoms with E-state index in [1.165, 1.54) is 30.0 Å². The first-order valence-corrected chi connectivity index (χ1v) is 7.27. The third kappa shape index (κ3) is 5.51. The first kappa shape index (κ1) is 15.8. The fourth-order valence-corrected chi connectivity index (χ4v) is 2.44. The molecule has 0 aliphatic carbocycles. The first-order valence-electron chi connectivity index (χ1n) is 6.39. The molecule has 19 heavy (non-hydrogen) atoms. The standard InChI is InChI=1S/C14H21FN2OS/c1-9(2)6-7-17-14(18)10(3)19-13-8-11(15)4-5-12(13)16/h4-5,8-10H,6-7,16H2,1-3H3,(H,17,18). The first-order chi connectivity index (χ1) is 8.90. The van der Waals surface area contributed by atoms with E-state index in [0.717, 1.165) is 6.42 Å². The Kier molecular flexibility index (Phi) is 6.15. The van der Waals surface area contributed by atoms with Gasteiger partial charge in [0.05, 0.1) is 5.25 Å². The van der Waals surface area contributed by atoms with Crippen LogP contribution in [0.3, 0.4) is 0 Å². The van der Waals surface area contributed by atoms with Gasteiger partial charge in [0, 0.05) is 17.1 Å². The maximum absolute atomic E-state index is 13.1. The molecular formula is C14H21FN2OS. The van der Waals surface area contributed by atoms with Gasteiger partial charge in [0.25, 0.3) is 0 Å². The van der Waals surface area contributed by atoms with Gasteiger partial charge < -0.3 is 11.1 Å². The van der Waals surface area contributed by atoms with E-state index in [0.29, 0.717) is 23.0 Å². The molecule has 0 bridgehead atoms. The molecule has 0 heterocycles. The Labute approximate surface area is 118 Å². The van der Waals surface area contributed by atoms with Crippen molar-refractivity contribution in [2.75, 3.05) is 12.3 Å². The summed E-state index contributed by atoms with van der Waals surface area (Å²) in [6, 6.07) is 4.19. The summed E-state index contributed by atoms with van der Waals surface area (Å²) in [5.74, 6) is 0.167. The lowest BCUT2D eigenvalue weighted by Crippen LogP contribution is -2.32. The van der Waals surface area contributed by atoms with Crippen LogP contribution in [-0.2, 0) is 4.79 Å². The van der Waals surface area contributed by atoms with Crippen molar-refractivity contribution >= 4 is 23.4 Å². The lowest BCUT2D eigenvalue weighted by atomic mass is 10.1. The van der Waals surface area contributed by atoms with Gasteiger partial charge in [-0.15, -0.1) is 11.8 Å². The van der Waals surface area contributed by atoms with Crippen LogP contribution in [0.1, 0.15) is 27.2 Å². The topological polar surface area (TPSA) is 55.1 Å². The Hall–Kier alpha value is -1.23. The van der Waals surface area contributed by atoms with Gasteiger partial charge in [-0.05, 0) is 37.5 Å². The summed E-state index contributed by atoms with van der Waals surface area (Å²) >= 11 is 1.27. The van der Waals surface area contributed by atoms with Crippen molar-refractivity contribution in [3.05, 3.63) is 24.0 Å². The molecule has 0 aliphatic rings. The van der Waals surface area contributed by atoms with E-state index < -0.39 is 0 Å². The van der Waals surface area contributed by atoms with Crippen molar-refractivity contribution < 1.29 is 9.18 Å². The third-order valence-electron chi connectivity index (χ3n) is 2.67. The Balaban J connectivity index is 2.51. The maximum Gasteiger partial charge on any atom is 0.233 e. The van der Waals surface area contributed by atoms with E-state index >= 15 is 0 Å². The van der Waals surface area contributed by atoms with Gasteiger partial charge in [-0.1, -0.05) is 13.8 Å². The minimum absolute atomic E-state index is 0.0469. The number of carbonyl (C=O) groups is 1. The zero-order chi connectivity index (χ0) is 14.4. The van der Waals surface area contributed by atoms with Gasteiger partial charge in [0.2, 0.25) is 5.91 Å². The zero-order valence-electron chi connectivity index (χ0n) is 11.6. The lowest BCUT2D eigenvalue weighted by molar-refractivity contribution is -0.120. The smallest absolute Gasteiger partial charge is 0.233 e. The molecule has 1 atom stereocenters. The molecule has 0 saturated heterocycles. The van der Waals surface area contributed by atoms with Gasteiger partial charge in [-0.3, -0.25) is 4.79 Å². The number of rotatable bonds is 6. The van der Waals surface area contributed by atoms with Crippen molar-refractivity contribution in [2.24, 2.45) is 5.92 Å². The number of carbonyl (C=O) groups excluding carboxylic acids is 1. The van der Waals surface area contributed by atoms with Crippen LogP contribution < -0.4 is 11.1 Å². The fourth-order valence-electron chi connectivity index (χ4n) is 1.48. The summed E-state index contributed by atoms with van der Waals surface area (Å²) in [4.78, 5) is 12.5. The minimum atomic E-state index is -0.343. The minimum Gasteiger partial charge on any atom is -0.398 e. The third-order valence-corrected chi connectivity index (χ3v) is 3.84. The molecule has 0 aliphatic heterocycles. The Morgan fingerprint density at radius 2 is 2.11 bits per heavy atom. The number of anilines is 1. The van der Waals surface area contributed by atoms with Crippen LogP contribution in [0.2, 0.25) is 0 Å². The number of benzene rings is 1. The molecule has 3 nitrogen and oxygen atoms in total. The second-order valence-corrected chi connectivity index (χ2v) is 6.30. The predicted molar refractivity (Wildman–Crippen MR) is 78.6 cm³/mol. The van der Waals surface area contributed by atoms with Crippen LogP contribution in [0, 0.1) is 11.7 Å². The highest BCUT2D eigenvalue weighted by Crippen LogP contribution is 2.29. The van der Waals surface area contributed by atoms with Crippen molar-refractivity contribution in [1.82, 2.24) is 5.32 Å². The number of halogens is 1. The molecule has 1 rings (SSSR count). The molecule has 1 aromatic carbocycles. The Morgan fingerprint density at radius 3 is 2.74 bits per heavy atom. The summed E-state index contributed by atoms with van der Waals surface area (Å²) in [5, 5.41) is 2.58. The average Bonchev–Trinajstić information content (AvgIpc) is 2.33. The van der Waals surface area contributed by atoms with Gasteiger partial charge >= 0.3 is 0 Å². The molecular weight excluding hydrogens is 263 g/mol. The summed E-state index contributed by atoms with van der Waals surface area (Å²) < 4.78 is 13.1. The normalized spacial score (nSPS) is 12.5. The van der Waals surface area contributed by atoms with Crippen LogP contribution in [0.5, 0.6) is 0 Å². The summed E-state index contributed by atoms with van der Waals surface area (Å²) in [6.07, 6.45) is 0.950. The monoisotopic (exact) mass is 284 g/mol. The molecule has 1 aromatic rings. The van der Waals surface area contributed by atoms with Crippen LogP contribution in [-0.4, -0.2) is 17.7 Å². The van der Waals surface area contributed by atoms with Crippen molar-refractivity contribution in [1.29, 1.82) is 0 Å². The number of hydrogen-bond donors (Lipinski definition) is 2. The average molecular weight is 284 g/mol. The highest BCUT2D eigenvalue weighted by Gasteiger charge is 2.15. The molecule has 0 fully saturated rings. The van der Waals surface area contributed by atoms with Crippen molar-refractivity contribution in [3.8, 4) is 0 Å². The van der Waals surface area contributed by atoms with Gasteiger partial charge in [0.1, 0.15) is 5.82 Å². The SMILES string of the molecule is CC(C)CCNC(=O)C(C)Sc1cc(F)ccc1N. The number of nitrogens with two attached hydrogens (primary N) is 1. The predicted octanol–water partition coefficient (Wildman–Crippen LogP) is 3.05. The van der Waals surface area contributed by atoms with Crippen molar-refractivity contribution in [2.45, 2.75) is 37.3 Å². The van der Waals surface area contributed by atoms with E-state index in [-0.39, 0.29) is 17.0 Å². The van der Waals surface area contributed by atoms with Crippen LogP contribution in [0.4, 0.5) is 10.1 Å². The molecule has 5 heteroatoms. The number of amides is 1. The number of hydrogen-bond acceptors (Lipinski definition) is 3. The van der Waals surface area contributed by atoms with E-state index in [1.54, 1.807) is 6.92 Å². The van der Waals surface area contributed by atoms with Crippen LogP contribution >= 0.6 is 11.8 Å². The van der Waals surface area contributed by atoms with E-state index in [9.17, 15) is 9.18 Å². The molecule has 106 valence electrons. The van der Waals surface area contributed by atoms with Gasteiger partial charge in [0.15, 0.2) is 0 Å². The number of thioether (sulfide) groups is 1. The molecule has 0 aromatic heterocycles. The zero-order valence-corrected chi connectivity index (χ0v) is 12.4. The van der Waals surface area contributed by atoms with E-state index in [2.05, 4.69) is 19.2 Å². The second-order valence-electron chi connectivity index (χ2n) is 4.92.